The van der Waals surface area contributed by atoms with Crippen molar-refractivity contribution >= 4 is 5.97 Å². The summed E-state index contributed by atoms with van der Waals surface area (Å²) in [6.45, 7) is 7.76. The molecule has 1 unspecified atom stereocenters. The molecular formula is C14H28O6. The minimum absolute atomic E-state index is 0.0450. The Bertz CT molecular complexity index is 222. The summed E-state index contributed by atoms with van der Waals surface area (Å²) in [7, 11) is 1.64. The fraction of sp³-hybridized carbons (Fsp3) is 0.929. The highest BCUT2D eigenvalue weighted by molar-refractivity contribution is 5.71. The van der Waals surface area contributed by atoms with Gasteiger partial charge in [0.05, 0.1) is 52.2 Å². The van der Waals surface area contributed by atoms with E-state index in [-0.39, 0.29) is 11.9 Å². The molecule has 0 aromatic heterocycles. The zero-order chi connectivity index (χ0) is 15.1. The summed E-state index contributed by atoms with van der Waals surface area (Å²) in [6.07, 6.45) is 0.792. The Labute approximate surface area is 121 Å². The largest absolute Gasteiger partial charge is 0.463 e. The van der Waals surface area contributed by atoms with Crippen LogP contribution in [-0.4, -0.2) is 65.9 Å². The summed E-state index contributed by atoms with van der Waals surface area (Å²) in [5.74, 6) is -0.211. The van der Waals surface area contributed by atoms with Crippen LogP contribution < -0.4 is 0 Å². The van der Waals surface area contributed by atoms with Gasteiger partial charge in [0.15, 0.2) is 0 Å². The summed E-state index contributed by atoms with van der Waals surface area (Å²) in [6, 6.07) is 0. The van der Waals surface area contributed by atoms with Crippen LogP contribution in [-0.2, 0) is 28.5 Å². The van der Waals surface area contributed by atoms with E-state index in [0.717, 1.165) is 6.42 Å². The van der Waals surface area contributed by atoms with E-state index in [0.29, 0.717) is 52.9 Å². The van der Waals surface area contributed by atoms with Gasteiger partial charge in [0.2, 0.25) is 0 Å². The van der Waals surface area contributed by atoms with Crippen molar-refractivity contribution in [1.82, 2.24) is 0 Å². The van der Waals surface area contributed by atoms with Gasteiger partial charge in [-0.05, 0) is 6.42 Å². The van der Waals surface area contributed by atoms with Crippen LogP contribution in [0.1, 0.15) is 20.3 Å². The number of methoxy groups -OCH3 is 1. The van der Waals surface area contributed by atoms with Crippen molar-refractivity contribution in [3.63, 3.8) is 0 Å². The van der Waals surface area contributed by atoms with Crippen LogP contribution in [0.4, 0.5) is 0 Å². The highest BCUT2D eigenvalue weighted by atomic mass is 16.6. The van der Waals surface area contributed by atoms with Gasteiger partial charge in [-0.1, -0.05) is 13.8 Å². The fourth-order valence-electron chi connectivity index (χ4n) is 1.19. The molecule has 20 heavy (non-hydrogen) atoms. The summed E-state index contributed by atoms with van der Waals surface area (Å²) >= 11 is 0. The third kappa shape index (κ3) is 12.3. The predicted octanol–water partition coefficient (Wildman–Crippen LogP) is 1.27. The second kappa shape index (κ2) is 14.7. The number of ether oxygens (including phenoxy) is 5. The lowest BCUT2D eigenvalue weighted by Gasteiger charge is -2.09. The maximum absolute atomic E-state index is 11.3. The minimum Gasteiger partial charge on any atom is -0.463 e. The molecular weight excluding hydrogens is 264 g/mol. The van der Waals surface area contributed by atoms with E-state index in [1.54, 1.807) is 7.11 Å². The average Bonchev–Trinajstić information content (AvgIpc) is 2.47. The molecule has 0 aliphatic carbocycles. The van der Waals surface area contributed by atoms with E-state index in [9.17, 15) is 4.79 Å². The monoisotopic (exact) mass is 292 g/mol. The summed E-state index contributed by atoms with van der Waals surface area (Å²) in [5, 5.41) is 0. The molecule has 1 atom stereocenters. The van der Waals surface area contributed by atoms with E-state index in [1.807, 2.05) is 13.8 Å². The van der Waals surface area contributed by atoms with Gasteiger partial charge < -0.3 is 23.7 Å². The summed E-state index contributed by atoms with van der Waals surface area (Å²) < 4.78 is 25.7. The standard InChI is InChI=1S/C14H28O6/c1-4-13(2)14(15)20-12-11-19-10-9-18-8-7-17-6-5-16-3/h13H,4-12H2,1-3H3. The molecule has 0 aromatic carbocycles. The van der Waals surface area contributed by atoms with Gasteiger partial charge in [0.1, 0.15) is 6.61 Å². The van der Waals surface area contributed by atoms with Gasteiger partial charge in [0, 0.05) is 7.11 Å². The van der Waals surface area contributed by atoms with E-state index >= 15 is 0 Å². The van der Waals surface area contributed by atoms with Crippen LogP contribution in [0.25, 0.3) is 0 Å². The Morgan fingerprint density at radius 2 is 1.30 bits per heavy atom. The fourth-order valence-corrected chi connectivity index (χ4v) is 1.19. The molecule has 0 bridgehead atoms. The molecule has 0 amide bonds. The average molecular weight is 292 g/mol. The van der Waals surface area contributed by atoms with Crippen molar-refractivity contribution in [2.24, 2.45) is 5.92 Å². The number of hydrogen-bond donors (Lipinski definition) is 0. The molecule has 6 nitrogen and oxygen atoms in total. The first-order valence-corrected chi connectivity index (χ1v) is 7.11. The van der Waals surface area contributed by atoms with Crippen LogP contribution in [0.15, 0.2) is 0 Å². The van der Waals surface area contributed by atoms with Crippen LogP contribution in [0.3, 0.4) is 0 Å². The topological polar surface area (TPSA) is 63.2 Å². The quantitative estimate of drug-likeness (QED) is 0.355. The third-order valence-corrected chi connectivity index (χ3v) is 2.66. The zero-order valence-electron chi connectivity index (χ0n) is 12.9. The van der Waals surface area contributed by atoms with Crippen LogP contribution >= 0.6 is 0 Å². The van der Waals surface area contributed by atoms with E-state index in [2.05, 4.69) is 0 Å². The van der Waals surface area contributed by atoms with Gasteiger partial charge in [-0.2, -0.15) is 0 Å². The van der Waals surface area contributed by atoms with Gasteiger partial charge in [-0.3, -0.25) is 4.79 Å². The summed E-state index contributed by atoms with van der Waals surface area (Å²) in [5.41, 5.74) is 0. The maximum atomic E-state index is 11.3. The van der Waals surface area contributed by atoms with E-state index < -0.39 is 0 Å². The van der Waals surface area contributed by atoms with Gasteiger partial charge >= 0.3 is 5.97 Å². The smallest absolute Gasteiger partial charge is 0.308 e. The SMILES string of the molecule is CCC(C)C(=O)OCCOCCOCCOCCOC. The second-order valence-corrected chi connectivity index (χ2v) is 4.31. The Balaban J connectivity index is 3.11. The predicted molar refractivity (Wildman–Crippen MR) is 74.7 cm³/mol. The Morgan fingerprint density at radius 3 is 1.75 bits per heavy atom. The Hall–Kier alpha value is -0.690. The number of rotatable bonds is 14. The van der Waals surface area contributed by atoms with Crippen molar-refractivity contribution in [2.75, 3.05) is 60.0 Å². The number of carbonyl (C=O) groups excluding carboxylic acids is 1. The highest BCUT2D eigenvalue weighted by Crippen LogP contribution is 2.02. The van der Waals surface area contributed by atoms with Crippen molar-refractivity contribution in [3.05, 3.63) is 0 Å². The molecule has 0 heterocycles. The lowest BCUT2D eigenvalue weighted by Crippen LogP contribution is -2.18. The van der Waals surface area contributed by atoms with Gasteiger partial charge in [0.25, 0.3) is 0 Å². The molecule has 0 aromatic rings. The normalized spacial score (nSPS) is 12.3. The number of carbonyl (C=O) groups is 1. The lowest BCUT2D eigenvalue weighted by molar-refractivity contribution is -0.149. The van der Waals surface area contributed by atoms with Crippen LogP contribution in [0, 0.1) is 5.92 Å². The van der Waals surface area contributed by atoms with Crippen molar-refractivity contribution in [1.29, 1.82) is 0 Å². The minimum atomic E-state index is -0.166. The zero-order valence-corrected chi connectivity index (χ0v) is 12.9. The van der Waals surface area contributed by atoms with E-state index in [4.69, 9.17) is 23.7 Å². The molecule has 0 saturated carbocycles. The molecule has 0 spiro atoms. The molecule has 0 fully saturated rings. The van der Waals surface area contributed by atoms with Crippen LogP contribution in [0.5, 0.6) is 0 Å². The van der Waals surface area contributed by atoms with Crippen molar-refractivity contribution in [2.45, 2.75) is 20.3 Å². The van der Waals surface area contributed by atoms with Gasteiger partial charge in [-0.15, -0.1) is 0 Å². The van der Waals surface area contributed by atoms with E-state index in [1.165, 1.54) is 0 Å². The van der Waals surface area contributed by atoms with Crippen LogP contribution in [0.2, 0.25) is 0 Å². The first kappa shape index (κ1) is 19.3. The molecule has 0 aliphatic rings. The molecule has 0 radical (unpaired) electrons. The first-order chi connectivity index (χ1) is 9.72. The highest BCUT2D eigenvalue weighted by Gasteiger charge is 2.10. The van der Waals surface area contributed by atoms with Crippen molar-refractivity contribution < 1.29 is 28.5 Å². The molecule has 0 aliphatic heterocycles. The van der Waals surface area contributed by atoms with Crippen molar-refractivity contribution in [3.8, 4) is 0 Å². The molecule has 6 heteroatoms. The number of esters is 1. The summed E-state index contributed by atoms with van der Waals surface area (Å²) in [4.78, 5) is 11.3. The molecule has 0 N–H and O–H groups in total. The maximum Gasteiger partial charge on any atom is 0.308 e. The second-order valence-electron chi connectivity index (χ2n) is 4.31. The molecule has 0 rings (SSSR count). The molecule has 120 valence electrons. The third-order valence-electron chi connectivity index (χ3n) is 2.66. The first-order valence-electron chi connectivity index (χ1n) is 7.11. The Kier molecular flexibility index (Phi) is 14.2. The Morgan fingerprint density at radius 1 is 0.850 bits per heavy atom. The number of hydrogen-bond acceptors (Lipinski definition) is 6. The van der Waals surface area contributed by atoms with Gasteiger partial charge in [-0.25, -0.2) is 0 Å². The lowest BCUT2D eigenvalue weighted by atomic mass is 10.1. The molecule has 0 saturated heterocycles.